The highest BCUT2D eigenvalue weighted by Crippen LogP contribution is 2.43. The molecule has 1 amide bonds. The van der Waals surface area contributed by atoms with E-state index >= 15 is 0 Å². The van der Waals surface area contributed by atoms with E-state index in [1.165, 1.54) is 0 Å². The first-order chi connectivity index (χ1) is 13.1. The number of halogens is 1. The molecule has 3 aromatic rings. The molecule has 134 valence electrons. The van der Waals surface area contributed by atoms with Gasteiger partial charge in [0.2, 0.25) is 0 Å². The van der Waals surface area contributed by atoms with E-state index < -0.39 is 0 Å². The van der Waals surface area contributed by atoms with Crippen LogP contribution in [0.3, 0.4) is 0 Å². The van der Waals surface area contributed by atoms with Gasteiger partial charge in [0.05, 0.1) is 6.04 Å². The minimum absolute atomic E-state index is 0.196. The van der Waals surface area contributed by atoms with E-state index in [1.54, 1.807) is 17.3 Å². The molecule has 0 radical (unpaired) electrons. The molecule has 4 nitrogen and oxygen atoms in total. The lowest BCUT2D eigenvalue weighted by molar-refractivity contribution is -0.130. The molecule has 1 aromatic heterocycles. The Hall–Kier alpha value is -2.92. The van der Waals surface area contributed by atoms with Crippen LogP contribution in [0.25, 0.3) is 5.57 Å². The fourth-order valence-corrected chi connectivity index (χ4v) is 3.67. The Kier molecular flexibility index (Phi) is 4.77. The highest BCUT2D eigenvalue weighted by atomic mass is 79.9. The molecule has 1 N–H and O–H groups in total. The van der Waals surface area contributed by atoms with Crippen LogP contribution in [-0.2, 0) is 11.3 Å². The van der Waals surface area contributed by atoms with Gasteiger partial charge in [-0.25, -0.2) is 0 Å². The summed E-state index contributed by atoms with van der Waals surface area (Å²) in [5, 5.41) is 10.7. The second-order valence-corrected chi connectivity index (χ2v) is 7.29. The molecule has 4 rings (SSSR count). The first-order valence-corrected chi connectivity index (χ1v) is 9.38. The van der Waals surface area contributed by atoms with E-state index in [1.807, 2.05) is 66.7 Å². The number of hydrogen-bond acceptors (Lipinski definition) is 3. The third-order valence-corrected chi connectivity index (χ3v) is 5.18. The Bertz CT molecular complexity index is 986. The summed E-state index contributed by atoms with van der Waals surface area (Å²) in [5.74, 6) is -0.566. The first kappa shape index (κ1) is 17.5. The number of hydrogen-bond donors (Lipinski definition) is 1. The molecule has 1 aliphatic heterocycles. The lowest BCUT2D eigenvalue weighted by Crippen LogP contribution is -2.29. The predicted octanol–water partition coefficient (Wildman–Crippen LogP) is 4.90. The van der Waals surface area contributed by atoms with Gasteiger partial charge in [0.15, 0.2) is 5.76 Å². The van der Waals surface area contributed by atoms with Gasteiger partial charge in [0.25, 0.3) is 5.91 Å². The van der Waals surface area contributed by atoms with Crippen LogP contribution in [0.2, 0.25) is 0 Å². The van der Waals surface area contributed by atoms with Gasteiger partial charge in [-0.1, -0.05) is 64.5 Å². The number of nitrogens with zero attached hydrogens (tertiary/aromatic N) is 2. The Morgan fingerprint density at radius 3 is 2.41 bits per heavy atom. The number of carbonyl (C=O) groups excluding carboxylic acids is 1. The number of aliphatic hydroxyl groups is 1. The highest BCUT2D eigenvalue weighted by Gasteiger charge is 2.40. The molecule has 0 bridgehead atoms. The second-order valence-electron chi connectivity index (χ2n) is 6.38. The Morgan fingerprint density at radius 1 is 1.00 bits per heavy atom. The summed E-state index contributed by atoms with van der Waals surface area (Å²) in [4.78, 5) is 18.8. The Labute approximate surface area is 165 Å². The number of benzene rings is 2. The molecule has 2 heterocycles. The van der Waals surface area contributed by atoms with Crippen LogP contribution in [0.4, 0.5) is 0 Å². The maximum Gasteiger partial charge on any atom is 0.290 e. The molecule has 1 atom stereocenters. The van der Waals surface area contributed by atoms with Crippen molar-refractivity contribution < 1.29 is 9.90 Å². The quantitative estimate of drug-likeness (QED) is 0.652. The van der Waals surface area contributed by atoms with Crippen molar-refractivity contribution in [1.29, 1.82) is 0 Å². The van der Waals surface area contributed by atoms with Gasteiger partial charge in [0.1, 0.15) is 0 Å². The molecular formula is C22H17BrN2O2. The van der Waals surface area contributed by atoms with Crippen molar-refractivity contribution in [3.05, 3.63) is 106 Å². The molecule has 0 fully saturated rings. The van der Waals surface area contributed by atoms with Crippen LogP contribution >= 0.6 is 15.9 Å². The third kappa shape index (κ3) is 3.38. The van der Waals surface area contributed by atoms with Crippen LogP contribution < -0.4 is 0 Å². The third-order valence-electron chi connectivity index (χ3n) is 4.65. The normalized spacial score (nSPS) is 16.9. The Morgan fingerprint density at radius 2 is 1.74 bits per heavy atom. The van der Waals surface area contributed by atoms with Gasteiger partial charge in [-0.15, -0.1) is 0 Å². The van der Waals surface area contributed by atoms with Gasteiger partial charge >= 0.3 is 0 Å². The minimum Gasteiger partial charge on any atom is -0.503 e. The Balaban J connectivity index is 1.81. The number of amides is 1. The van der Waals surface area contributed by atoms with E-state index in [0.717, 1.165) is 21.2 Å². The summed E-state index contributed by atoms with van der Waals surface area (Å²) in [6.07, 6.45) is 3.44. The lowest BCUT2D eigenvalue weighted by Gasteiger charge is -2.27. The SMILES string of the molecule is O=C1C(O)=C(c2ccccc2)[C@H](c2ccc(Br)cc2)N1Cc1cccnc1. The van der Waals surface area contributed by atoms with Gasteiger partial charge < -0.3 is 10.0 Å². The molecule has 0 aliphatic carbocycles. The summed E-state index contributed by atoms with van der Waals surface area (Å²) in [5.41, 5.74) is 3.32. The maximum absolute atomic E-state index is 12.9. The van der Waals surface area contributed by atoms with Crippen LogP contribution in [0, 0.1) is 0 Å². The second kappa shape index (κ2) is 7.37. The number of pyridine rings is 1. The van der Waals surface area contributed by atoms with E-state index in [4.69, 9.17) is 0 Å². The fraction of sp³-hybridized carbons (Fsp3) is 0.0909. The van der Waals surface area contributed by atoms with Gasteiger partial charge in [-0.05, 0) is 34.9 Å². The standard InChI is InChI=1S/C22H17BrN2O2/c23-18-10-8-17(9-11-18)20-19(16-6-2-1-3-7-16)21(26)22(27)25(20)14-15-5-4-12-24-13-15/h1-13,20,26H,14H2/t20-/m0/s1. The van der Waals surface area contributed by atoms with Gasteiger partial charge in [-0.2, -0.15) is 0 Å². The zero-order valence-corrected chi connectivity index (χ0v) is 16.0. The van der Waals surface area contributed by atoms with E-state index in [2.05, 4.69) is 20.9 Å². The predicted molar refractivity (Wildman–Crippen MR) is 108 cm³/mol. The van der Waals surface area contributed by atoms with Crippen molar-refractivity contribution in [3.63, 3.8) is 0 Å². The largest absolute Gasteiger partial charge is 0.503 e. The number of carbonyl (C=O) groups is 1. The van der Waals surface area contributed by atoms with E-state index in [9.17, 15) is 9.90 Å². The summed E-state index contributed by atoms with van der Waals surface area (Å²) in [7, 11) is 0. The smallest absolute Gasteiger partial charge is 0.290 e. The molecular weight excluding hydrogens is 404 g/mol. The van der Waals surface area contributed by atoms with Crippen molar-refractivity contribution in [2.24, 2.45) is 0 Å². The van der Waals surface area contributed by atoms with Crippen molar-refractivity contribution in [3.8, 4) is 0 Å². The average molecular weight is 421 g/mol. The molecule has 2 aromatic carbocycles. The number of aliphatic hydroxyl groups excluding tert-OH is 1. The first-order valence-electron chi connectivity index (χ1n) is 8.59. The van der Waals surface area contributed by atoms with Crippen LogP contribution in [0.1, 0.15) is 22.7 Å². The van der Waals surface area contributed by atoms with E-state index in [-0.39, 0.29) is 17.7 Å². The van der Waals surface area contributed by atoms with Gasteiger partial charge in [0, 0.05) is 29.0 Å². The molecule has 0 unspecified atom stereocenters. The van der Waals surface area contributed by atoms with Crippen LogP contribution in [0.15, 0.2) is 89.4 Å². The summed E-state index contributed by atoms with van der Waals surface area (Å²) in [6.45, 7) is 0.369. The van der Waals surface area contributed by atoms with Crippen molar-refractivity contribution in [1.82, 2.24) is 9.88 Å². The van der Waals surface area contributed by atoms with Crippen LogP contribution in [-0.4, -0.2) is 20.9 Å². The summed E-state index contributed by atoms with van der Waals surface area (Å²) in [6, 6.07) is 20.8. The fourth-order valence-electron chi connectivity index (χ4n) is 3.41. The molecule has 5 heteroatoms. The molecule has 0 saturated heterocycles. The van der Waals surface area contributed by atoms with Gasteiger partial charge in [-0.3, -0.25) is 9.78 Å². The summed E-state index contributed by atoms with van der Waals surface area (Å²) < 4.78 is 0.962. The summed E-state index contributed by atoms with van der Waals surface area (Å²) >= 11 is 3.46. The van der Waals surface area contributed by atoms with Crippen molar-refractivity contribution in [2.75, 3.05) is 0 Å². The maximum atomic E-state index is 12.9. The number of rotatable bonds is 4. The van der Waals surface area contributed by atoms with Crippen molar-refractivity contribution >= 4 is 27.4 Å². The lowest BCUT2D eigenvalue weighted by atomic mass is 9.93. The van der Waals surface area contributed by atoms with E-state index in [0.29, 0.717) is 12.1 Å². The molecule has 0 spiro atoms. The molecule has 0 saturated carbocycles. The minimum atomic E-state index is -0.370. The zero-order valence-electron chi connectivity index (χ0n) is 14.4. The monoisotopic (exact) mass is 420 g/mol. The van der Waals surface area contributed by atoms with Crippen LogP contribution in [0.5, 0.6) is 0 Å². The molecule has 27 heavy (non-hydrogen) atoms. The average Bonchev–Trinajstić information content (AvgIpc) is 2.95. The number of aromatic nitrogens is 1. The topological polar surface area (TPSA) is 53.4 Å². The zero-order chi connectivity index (χ0) is 18.8. The highest BCUT2D eigenvalue weighted by molar-refractivity contribution is 9.10. The van der Waals surface area contributed by atoms with Crippen molar-refractivity contribution in [2.45, 2.75) is 12.6 Å². The molecule has 1 aliphatic rings.